The van der Waals surface area contributed by atoms with Crippen LogP contribution in [0.1, 0.15) is 24.3 Å². The molecule has 0 bridgehead atoms. The van der Waals surface area contributed by atoms with Gasteiger partial charge in [0.05, 0.1) is 16.4 Å². The van der Waals surface area contributed by atoms with Crippen LogP contribution in [0.2, 0.25) is 10.0 Å². The summed E-state index contributed by atoms with van der Waals surface area (Å²) in [5, 5.41) is 6.07. The van der Waals surface area contributed by atoms with E-state index in [0.29, 0.717) is 22.0 Å². The van der Waals surface area contributed by atoms with Crippen LogP contribution in [0.3, 0.4) is 0 Å². The van der Waals surface area contributed by atoms with Crippen molar-refractivity contribution in [3.63, 3.8) is 0 Å². The van der Waals surface area contributed by atoms with Gasteiger partial charge in [0.2, 0.25) is 0 Å². The van der Waals surface area contributed by atoms with Crippen LogP contribution in [-0.4, -0.2) is 36.4 Å². The number of rotatable bonds is 1. The lowest BCUT2D eigenvalue weighted by molar-refractivity contribution is 0.403. The van der Waals surface area contributed by atoms with Crippen molar-refractivity contribution in [3.05, 3.63) is 39.9 Å². The fourth-order valence-electron chi connectivity index (χ4n) is 4.42. The summed E-state index contributed by atoms with van der Waals surface area (Å²) >= 11 is 14.4. The molecule has 2 atom stereocenters. The number of pyridine rings is 1. The molecule has 1 saturated heterocycles. The highest BCUT2D eigenvalue weighted by atomic mass is 35.5. The van der Waals surface area contributed by atoms with E-state index in [9.17, 15) is 0 Å². The predicted octanol–water partition coefficient (Wildman–Crippen LogP) is 4.82. The average molecular weight is 392 g/mol. The van der Waals surface area contributed by atoms with Gasteiger partial charge >= 0.3 is 0 Å². The Morgan fingerprint density at radius 1 is 1.24 bits per heavy atom. The Labute approximate surface area is 162 Å². The number of hydrogen-bond acceptors (Lipinski definition) is 4. The molecule has 4 heterocycles. The van der Waals surface area contributed by atoms with Crippen molar-refractivity contribution in [3.8, 4) is 11.3 Å². The normalized spacial score (nSPS) is 24.6. The quantitative estimate of drug-likeness (QED) is 0.754. The third-order valence-electron chi connectivity index (χ3n) is 5.51. The van der Waals surface area contributed by atoms with E-state index in [1.54, 1.807) is 6.07 Å². The van der Waals surface area contributed by atoms with E-state index in [-0.39, 0.29) is 0 Å². The third kappa shape index (κ3) is 2.66. The number of nitrogens with one attached hydrogen (secondary N) is 1. The first-order valence-corrected chi connectivity index (χ1v) is 10.6. The fraction of sp³-hybridized carbons (Fsp3) is 0.421. The lowest BCUT2D eigenvalue weighted by Crippen LogP contribution is -2.44. The molecule has 0 radical (unpaired) electrons. The summed E-state index contributed by atoms with van der Waals surface area (Å²) in [5.41, 5.74) is 4.76. The minimum atomic E-state index is 0.550. The Bertz CT molecular complexity index is 842. The number of thioether (sulfide) groups is 1. The molecule has 1 aromatic carbocycles. The van der Waals surface area contributed by atoms with E-state index in [0.717, 1.165) is 36.6 Å². The van der Waals surface area contributed by atoms with Crippen LogP contribution >= 0.6 is 35.0 Å². The number of benzene rings is 1. The van der Waals surface area contributed by atoms with Crippen LogP contribution in [0.5, 0.6) is 0 Å². The topological polar surface area (TPSA) is 28.2 Å². The zero-order valence-electron chi connectivity index (χ0n) is 13.8. The van der Waals surface area contributed by atoms with Crippen molar-refractivity contribution >= 4 is 40.7 Å². The van der Waals surface area contributed by atoms with Gasteiger partial charge in [0, 0.05) is 41.4 Å². The Morgan fingerprint density at radius 2 is 2.16 bits per heavy atom. The van der Waals surface area contributed by atoms with Crippen LogP contribution in [-0.2, 0) is 0 Å². The molecule has 130 valence electrons. The molecule has 3 aliphatic rings. The standard InChI is InChI=1S/C19H19Cl2N3S/c20-11-2-3-12(15(21)8-11)16-9-13-14-10-22-5-4-17(14)24-6-1-7-25-19(23-16)18(13)24/h2-3,8-9,14,17,22H,1,4-7,10H2. The molecule has 2 aromatic rings. The second-order valence-electron chi connectivity index (χ2n) is 6.94. The predicted molar refractivity (Wildman–Crippen MR) is 106 cm³/mol. The summed E-state index contributed by atoms with van der Waals surface area (Å²) in [6.07, 6.45) is 2.43. The maximum absolute atomic E-state index is 6.47. The number of piperidine rings is 1. The summed E-state index contributed by atoms with van der Waals surface area (Å²) in [5.74, 6) is 1.68. The van der Waals surface area contributed by atoms with Crippen LogP contribution in [0, 0.1) is 0 Å². The number of anilines is 1. The Kier molecular flexibility index (Phi) is 4.12. The maximum atomic E-state index is 6.47. The summed E-state index contributed by atoms with van der Waals surface area (Å²) in [6, 6.07) is 8.56. The molecule has 1 aromatic heterocycles. The van der Waals surface area contributed by atoms with Gasteiger partial charge in [0.25, 0.3) is 0 Å². The van der Waals surface area contributed by atoms with Crippen LogP contribution in [0.4, 0.5) is 5.69 Å². The van der Waals surface area contributed by atoms with Crippen LogP contribution in [0.15, 0.2) is 29.3 Å². The van der Waals surface area contributed by atoms with Gasteiger partial charge < -0.3 is 10.2 Å². The number of nitrogens with zero attached hydrogens (tertiary/aromatic N) is 2. The van der Waals surface area contributed by atoms with Crippen molar-refractivity contribution < 1.29 is 0 Å². The second-order valence-corrected chi connectivity index (χ2v) is 8.86. The third-order valence-corrected chi connectivity index (χ3v) is 7.11. The van der Waals surface area contributed by atoms with Gasteiger partial charge in [-0.2, -0.15) is 0 Å². The minimum absolute atomic E-state index is 0.550. The molecule has 3 aliphatic heterocycles. The van der Waals surface area contributed by atoms with Crippen LogP contribution in [0.25, 0.3) is 11.3 Å². The molecule has 5 rings (SSSR count). The van der Waals surface area contributed by atoms with Crippen molar-refractivity contribution in [1.82, 2.24) is 10.3 Å². The SMILES string of the molecule is Clc1ccc(-c2cc3c4c(n2)SCCCN4C2CCNCC32)c(Cl)c1. The highest BCUT2D eigenvalue weighted by molar-refractivity contribution is 7.99. The molecule has 0 saturated carbocycles. The van der Waals surface area contributed by atoms with E-state index in [1.165, 1.54) is 29.1 Å². The van der Waals surface area contributed by atoms with Gasteiger partial charge in [-0.15, -0.1) is 11.8 Å². The molecular formula is C19H19Cl2N3S. The van der Waals surface area contributed by atoms with E-state index in [1.807, 2.05) is 23.9 Å². The van der Waals surface area contributed by atoms with Gasteiger partial charge in [0.15, 0.2) is 0 Å². The monoisotopic (exact) mass is 391 g/mol. The summed E-state index contributed by atoms with van der Waals surface area (Å²) in [6.45, 7) is 3.31. The molecule has 0 spiro atoms. The first-order valence-electron chi connectivity index (χ1n) is 8.83. The largest absolute Gasteiger partial charge is 0.365 e. The smallest absolute Gasteiger partial charge is 0.120 e. The molecule has 1 fully saturated rings. The maximum Gasteiger partial charge on any atom is 0.120 e. The van der Waals surface area contributed by atoms with Crippen molar-refractivity contribution in [2.45, 2.75) is 29.8 Å². The number of halogens is 2. The molecule has 0 amide bonds. The Hall–Kier alpha value is -0.940. The number of hydrogen-bond donors (Lipinski definition) is 1. The van der Waals surface area contributed by atoms with Gasteiger partial charge in [-0.3, -0.25) is 0 Å². The molecule has 3 nitrogen and oxygen atoms in total. The average Bonchev–Trinajstić information content (AvgIpc) is 2.77. The summed E-state index contributed by atoms with van der Waals surface area (Å²) in [7, 11) is 0. The lowest BCUT2D eigenvalue weighted by Gasteiger charge is -2.33. The minimum Gasteiger partial charge on any atom is -0.365 e. The van der Waals surface area contributed by atoms with E-state index in [4.69, 9.17) is 28.2 Å². The Balaban J connectivity index is 1.69. The second kappa shape index (κ2) is 6.34. The van der Waals surface area contributed by atoms with Gasteiger partial charge in [-0.25, -0.2) is 4.98 Å². The highest BCUT2D eigenvalue weighted by Gasteiger charge is 2.42. The number of aromatic nitrogens is 1. The molecule has 2 unspecified atom stereocenters. The van der Waals surface area contributed by atoms with Crippen molar-refractivity contribution in [1.29, 1.82) is 0 Å². The molecule has 25 heavy (non-hydrogen) atoms. The first kappa shape index (κ1) is 16.2. The molecule has 0 aliphatic carbocycles. The summed E-state index contributed by atoms with van der Waals surface area (Å²) in [4.78, 5) is 7.65. The molecule has 1 N–H and O–H groups in total. The Morgan fingerprint density at radius 3 is 3.04 bits per heavy atom. The molecular weight excluding hydrogens is 373 g/mol. The van der Waals surface area contributed by atoms with Gasteiger partial charge in [0.1, 0.15) is 5.03 Å². The molecule has 6 heteroatoms. The lowest BCUT2D eigenvalue weighted by atomic mass is 9.90. The summed E-state index contributed by atoms with van der Waals surface area (Å²) < 4.78 is 0. The first-order chi connectivity index (χ1) is 12.2. The number of fused-ring (bicyclic) bond motifs is 3. The van der Waals surface area contributed by atoms with Gasteiger partial charge in [-0.05, 0) is 49.2 Å². The van der Waals surface area contributed by atoms with Crippen LogP contribution < -0.4 is 10.2 Å². The van der Waals surface area contributed by atoms with Crippen molar-refractivity contribution in [2.24, 2.45) is 0 Å². The highest BCUT2D eigenvalue weighted by Crippen LogP contribution is 2.50. The van der Waals surface area contributed by atoms with E-state index < -0.39 is 0 Å². The van der Waals surface area contributed by atoms with E-state index >= 15 is 0 Å². The fourth-order valence-corrected chi connectivity index (χ4v) is 5.93. The van der Waals surface area contributed by atoms with Crippen molar-refractivity contribution in [2.75, 3.05) is 30.3 Å². The zero-order chi connectivity index (χ0) is 17.0. The van der Waals surface area contributed by atoms with E-state index in [2.05, 4.69) is 16.3 Å². The zero-order valence-corrected chi connectivity index (χ0v) is 16.1. The van der Waals surface area contributed by atoms with Gasteiger partial charge in [-0.1, -0.05) is 23.2 Å².